The van der Waals surface area contributed by atoms with Gasteiger partial charge in [0.25, 0.3) is 11.5 Å². The molecule has 1 amide bonds. The molecule has 0 bridgehead atoms. The smallest absolute Gasteiger partial charge is 0.332 e. The zero-order valence-electron chi connectivity index (χ0n) is 21.8. The number of aromatic nitrogens is 10. The molecule has 5 heterocycles. The first-order valence-electron chi connectivity index (χ1n) is 12.0. The SMILES string of the molecule is CNc1nc(NC(=O)c2ccc(-c3nnc(Cc4nc5c(c(=O)n(C)c(=O)n5C)n4C)s3)cc2)nc2[nH]cnc12. The van der Waals surface area contributed by atoms with Crippen molar-refractivity contribution in [3.63, 3.8) is 0 Å². The fourth-order valence-electron chi connectivity index (χ4n) is 4.30. The molecule has 0 spiro atoms. The number of benzene rings is 1. The van der Waals surface area contributed by atoms with Crippen LogP contribution < -0.4 is 21.9 Å². The highest BCUT2D eigenvalue weighted by Crippen LogP contribution is 2.26. The molecule has 0 aliphatic heterocycles. The molecule has 40 heavy (non-hydrogen) atoms. The van der Waals surface area contributed by atoms with E-state index in [0.717, 1.165) is 10.1 Å². The molecule has 0 unspecified atom stereocenters. The van der Waals surface area contributed by atoms with Gasteiger partial charge in [-0.25, -0.2) is 14.8 Å². The molecule has 3 N–H and O–H groups in total. The number of hydrogen-bond donors (Lipinski definition) is 3. The van der Waals surface area contributed by atoms with Gasteiger partial charge in [0, 0.05) is 39.3 Å². The van der Waals surface area contributed by atoms with Gasteiger partial charge in [0.05, 0.1) is 12.7 Å². The number of hydrogen-bond acceptors (Lipinski definition) is 11. The Labute approximate surface area is 228 Å². The van der Waals surface area contributed by atoms with Crippen LogP contribution in [0.3, 0.4) is 0 Å². The second kappa shape index (κ2) is 9.49. The lowest BCUT2D eigenvalue weighted by Crippen LogP contribution is -2.37. The molecule has 15 nitrogen and oxygen atoms in total. The lowest BCUT2D eigenvalue weighted by molar-refractivity contribution is 0.102. The summed E-state index contributed by atoms with van der Waals surface area (Å²) in [5, 5.41) is 15.6. The predicted molar refractivity (Wildman–Crippen MR) is 149 cm³/mol. The van der Waals surface area contributed by atoms with Crippen molar-refractivity contribution in [3.8, 4) is 10.6 Å². The minimum atomic E-state index is -0.438. The summed E-state index contributed by atoms with van der Waals surface area (Å²) in [6.45, 7) is 0. The molecule has 1 aromatic carbocycles. The van der Waals surface area contributed by atoms with Crippen LogP contribution in [0, 0.1) is 0 Å². The second-order valence-corrected chi connectivity index (χ2v) is 9.98. The molecular formula is C24H22N12O3S. The number of imidazole rings is 2. The Morgan fingerprint density at radius 3 is 2.52 bits per heavy atom. The summed E-state index contributed by atoms with van der Waals surface area (Å²) in [5.74, 6) is 0.853. The molecule has 0 aliphatic carbocycles. The monoisotopic (exact) mass is 558 g/mol. The average Bonchev–Trinajstić information content (AvgIpc) is 3.70. The van der Waals surface area contributed by atoms with Crippen LogP contribution in [-0.4, -0.2) is 61.8 Å². The number of rotatable bonds is 6. The molecule has 0 atom stereocenters. The van der Waals surface area contributed by atoms with E-state index >= 15 is 0 Å². The fraction of sp³-hybridized carbons (Fsp3) is 0.208. The zero-order valence-corrected chi connectivity index (χ0v) is 22.6. The van der Waals surface area contributed by atoms with E-state index in [9.17, 15) is 14.4 Å². The van der Waals surface area contributed by atoms with Crippen LogP contribution >= 0.6 is 11.3 Å². The maximum atomic E-state index is 12.8. The maximum Gasteiger partial charge on any atom is 0.332 e. The molecule has 0 aliphatic rings. The number of H-pyrrole nitrogens is 1. The third-order valence-corrected chi connectivity index (χ3v) is 7.45. The van der Waals surface area contributed by atoms with Gasteiger partial charge in [-0.05, 0) is 12.1 Å². The molecular weight excluding hydrogens is 536 g/mol. The highest BCUT2D eigenvalue weighted by molar-refractivity contribution is 7.14. The van der Waals surface area contributed by atoms with Crippen molar-refractivity contribution in [2.75, 3.05) is 17.7 Å². The molecule has 0 radical (unpaired) electrons. The lowest BCUT2D eigenvalue weighted by Gasteiger charge is -2.06. The lowest BCUT2D eigenvalue weighted by atomic mass is 10.1. The molecule has 0 saturated heterocycles. The summed E-state index contributed by atoms with van der Waals surface area (Å²) in [7, 11) is 6.47. The standard InChI is InChI=1S/C24H22N12O3S/c1-25-17-15-18(27-10-26-15)30-23(29-17)31-20(37)11-5-7-12(8-6-11)21-33-32-14(40-21)9-13-28-19-16(34(13)2)22(38)36(4)24(39)35(19)3/h5-8,10H,9H2,1-4H3,(H3,25,26,27,29,30,31,37). The van der Waals surface area contributed by atoms with Gasteiger partial charge in [-0.1, -0.05) is 23.5 Å². The van der Waals surface area contributed by atoms with Crippen molar-refractivity contribution in [1.29, 1.82) is 0 Å². The molecule has 5 aromatic heterocycles. The Morgan fingerprint density at radius 1 is 1.00 bits per heavy atom. The van der Waals surface area contributed by atoms with Gasteiger partial charge in [-0.3, -0.25) is 24.0 Å². The molecule has 6 rings (SSSR count). The summed E-state index contributed by atoms with van der Waals surface area (Å²) in [4.78, 5) is 57.9. The van der Waals surface area contributed by atoms with Crippen molar-refractivity contribution in [2.45, 2.75) is 6.42 Å². The van der Waals surface area contributed by atoms with E-state index in [1.54, 1.807) is 50.0 Å². The summed E-state index contributed by atoms with van der Waals surface area (Å²) < 4.78 is 4.09. The van der Waals surface area contributed by atoms with Crippen molar-refractivity contribution in [1.82, 2.24) is 48.8 Å². The van der Waals surface area contributed by atoms with Gasteiger partial charge < -0.3 is 14.9 Å². The first-order chi connectivity index (χ1) is 19.2. The van der Waals surface area contributed by atoms with E-state index in [-0.39, 0.29) is 11.9 Å². The second-order valence-electron chi connectivity index (χ2n) is 8.92. The van der Waals surface area contributed by atoms with Crippen molar-refractivity contribution in [2.24, 2.45) is 21.1 Å². The largest absolute Gasteiger partial charge is 0.371 e. The fourth-order valence-corrected chi connectivity index (χ4v) is 5.14. The van der Waals surface area contributed by atoms with Gasteiger partial charge in [0.1, 0.15) is 21.4 Å². The number of aromatic amines is 1. The first-order valence-corrected chi connectivity index (χ1v) is 12.8. The van der Waals surface area contributed by atoms with Gasteiger partial charge >= 0.3 is 5.69 Å². The number of nitrogens with zero attached hydrogens (tertiary/aromatic N) is 9. The summed E-state index contributed by atoms with van der Waals surface area (Å²) in [6, 6.07) is 6.93. The number of aryl methyl sites for hydroxylation is 2. The maximum absolute atomic E-state index is 12.8. The Kier molecular flexibility index (Phi) is 5.95. The number of nitrogens with one attached hydrogen (secondary N) is 3. The van der Waals surface area contributed by atoms with Gasteiger partial charge in [0.2, 0.25) is 5.95 Å². The van der Waals surface area contributed by atoms with E-state index in [1.807, 2.05) is 0 Å². The molecule has 16 heteroatoms. The number of carbonyl (C=O) groups is 1. The van der Waals surface area contributed by atoms with Crippen LogP contribution in [-0.2, 0) is 27.6 Å². The van der Waals surface area contributed by atoms with Crippen LogP contribution in [0.5, 0.6) is 0 Å². The number of fused-ring (bicyclic) bond motifs is 2. The molecule has 0 saturated carbocycles. The van der Waals surface area contributed by atoms with Gasteiger partial charge in [-0.2, -0.15) is 9.97 Å². The third kappa shape index (κ3) is 4.10. The average molecular weight is 559 g/mol. The van der Waals surface area contributed by atoms with E-state index in [2.05, 4.69) is 45.8 Å². The Hall–Kier alpha value is -5.25. The van der Waals surface area contributed by atoms with Crippen LogP contribution in [0.15, 0.2) is 40.2 Å². The van der Waals surface area contributed by atoms with E-state index < -0.39 is 11.2 Å². The minimum absolute atomic E-state index is 0.142. The Bertz CT molecular complexity index is 2050. The summed E-state index contributed by atoms with van der Waals surface area (Å²) >= 11 is 1.37. The highest BCUT2D eigenvalue weighted by atomic mass is 32.1. The van der Waals surface area contributed by atoms with E-state index in [4.69, 9.17) is 0 Å². The van der Waals surface area contributed by atoms with Gasteiger partial charge in [0.15, 0.2) is 22.6 Å². The van der Waals surface area contributed by atoms with Crippen LogP contribution in [0.2, 0.25) is 0 Å². The zero-order chi connectivity index (χ0) is 28.1. The van der Waals surface area contributed by atoms with E-state index in [1.165, 1.54) is 29.3 Å². The Balaban J connectivity index is 1.20. The van der Waals surface area contributed by atoms with Gasteiger partial charge in [-0.15, -0.1) is 10.2 Å². The van der Waals surface area contributed by atoms with Crippen molar-refractivity contribution < 1.29 is 4.79 Å². The predicted octanol–water partition coefficient (Wildman–Crippen LogP) is 1.04. The van der Waals surface area contributed by atoms with Crippen molar-refractivity contribution in [3.05, 3.63) is 67.8 Å². The molecule has 0 fully saturated rings. The van der Waals surface area contributed by atoms with Crippen LogP contribution in [0.1, 0.15) is 21.2 Å². The summed E-state index contributed by atoms with van der Waals surface area (Å²) in [6.07, 6.45) is 1.84. The third-order valence-electron chi connectivity index (χ3n) is 6.48. The minimum Gasteiger partial charge on any atom is -0.371 e. The normalized spacial score (nSPS) is 11.4. The first kappa shape index (κ1) is 25.1. The van der Waals surface area contributed by atoms with Crippen LogP contribution in [0.4, 0.5) is 11.8 Å². The summed E-state index contributed by atoms with van der Waals surface area (Å²) in [5.41, 5.74) is 2.10. The van der Waals surface area contributed by atoms with E-state index in [0.29, 0.717) is 56.0 Å². The molecule has 202 valence electrons. The number of carbonyl (C=O) groups excluding carboxylic acids is 1. The number of anilines is 2. The number of amides is 1. The van der Waals surface area contributed by atoms with Crippen molar-refractivity contribution >= 4 is 51.3 Å². The molecule has 6 aromatic rings. The topological polar surface area (TPSA) is 183 Å². The Morgan fingerprint density at radius 2 is 1.77 bits per heavy atom. The quantitative estimate of drug-likeness (QED) is 0.267. The highest BCUT2D eigenvalue weighted by Gasteiger charge is 2.19. The van der Waals surface area contributed by atoms with Crippen LogP contribution in [0.25, 0.3) is 32.9 Å².